The summed E-state index contributed by atoms with van der Waals surface area (Å²) in [6.07, 6.45) is 8.22. The Labute approximate surface area is 162 Å². The molecule has 0 amide bonds. The van der Waals surface area contributed by atoms with Crippen molar-refractivity contribution in [3.8, 4) is 0 Å². The Morgan fingerprint density at radius 3 is 2.96 bits per heavy atom. The average Bonchev–Trinajstić information content (AvgIpc) is 2.71. The summed E-state index contributed by atoms with van der Waals surface area (Å²) in [5, 5.41) is 3.56. The second kappa shape index (κ2) is 8.05. The number of aromatic nitrogens is 1. The van der Waals surface area contributed by atoms with Crippen molar-refractivity contribution < 1.29 is 0 Å². The molecule has 140 valence electrons. The highest BCUT2D eigenvalue weighted by Gasteiger charge is 2.22. The Balaban J connectivity index is 1.63. The summed E-state index contributed by atoms with van der Waals surface area (Å²) in [5.41, 5.74) is 6.08. The minimum absolute atomic E-state index is 0.506. The zero-order chi connectivity index (χ0) is 18.6. The summed E-state index contributed by atoms with van der Waals surface area (Å²) >= 11 is 0. The van der Waals surface area contributed by atoms with Crippen LogP contribution in [0.25, 0.3) is 6.08 Å². The maximum absolute atomic E-state index is 4.80. The lowest BCUT2D eigenvalue weighted by molar-refractivity contribution is 0.425. The molecule has 27 heavy (non-hydrogen) atoms. The maximum atomic E-state index is 4.80. The van der Waals surface area contributed by atoms with Gasteiger partial charge in [0.25, 0.3) is 0 Å². The van der Waals surface area contributed by atoms with E-state index in [1.165, 1.54) is 16.8 Å². The van der Waals surface area contributed by atoms with Gasteiger partial charge in [0.15, 0.2) is 0 Å². The molecule has 2 atom stereocenters. The van der Waals surface area contributed by atoms with Gasteiger partial charge in [-0.15, -0.1) is 0 Å². The summed E-state index contributed by atoms with van der Waals surface area (Å²) < 4.78 is 0. The van der Waals surface area contributed by atoms with Crippen LogP contribution in [0, 0.1) is 0 Å². The maximum Gasteiger partial charge on any atom is 0.0694 e. The largest absolute Gasteiger partial charge is 0.366 e. The van der Waals surface area contributed by atoms with Gasteiger partial charge in [-0.05, 0) is 68.2 Å². The fourth-order valence-corrected chi connectivity index (χ4v) is 3.98. The highest BCUT2D eigenvalue weighted by atomic mass is 15.2. The zero-order valence-corrected chi connectivity index (χ0v) is 16.2. The molecule has 4 rings (SSSR count). The van der Waals surface area contributed by atoms with Crippen molar-refractivity contribution in [2.24, 2.45) is 4.99 Å². The van der Waals surface area contributed by atoms with E-state index in [2.05, 4.69) is 65.5 Å². The van der Waals surface area contributed by atoms with Gasteiger partial charge in [-0.25, -0.2) is 0 Å². The second-order valence-corrected chi connectivity index (χ2v) is 7.65. The van der Waals surface area contributed by atoms with Gasteiger partial charge in [0.05, 0.1) is 5.71 Å². The van der Waals surface area contributed by atoms with E-state index in [9.17, 15) is 0 Å². The van der Waals surface area contributed by atoms with Crippen LogP contribution in [0.1, 0.15) is 37.8 Å². The SMILES string of the molecule is C[C@@H]1CN[C@@H](C)CN1c1cccc(C=C2CCCN=C2c2cccnc2)c1. The molecule has 1 saturated heterocycles. The quantitative estimate of drug-likeness (QED) is 0.901. The third-order valence-corrected chi connectivity index (χ3v) is 5.42. The summed E-state index contributed by atoms with van der Waals surface area (Å²) in [5.74, 6) is 0. The normalized spacial score (nSPS) is 24.7. The first-order valence-corrected chi connectivity index (χ1v) is 9.96. The number of allylic oxidation sites excluding steroid dienone is 1. The van der Waals surface area contributed by atoms with E-state index in [4.69, 9.17) is 4.99 Å². The van der Waals surface area contributed by atoms with Gasteiger partial charge in [-0.2, -0.15) is 0 Å². The summed E-state index contributed by atoms with van der Waals surface area (Å²) in [4.78, 5) is 11.6. The van der Waals surface area contributed by atoms with Crippen LogP contribution < -0.4 is 10.2 Å². The van der Waals surface area contributed by atoms with Gasteiger partial charge >= 0.3 is 0 Å². The minimum atomic E-state index is 0.506. The Kier molecular flexibility index (Phi) is 5.35. The zero-order valence-electron chi connectivity index (χ0n) is 16.2. The van der Waals surface area contributed by atoms with Crippen molar-refractivity contribution in [3.63, 3.8) is 0 Å². The first-order valence-electron chi connectivity index (χ1n) is 9.96. The van der Waals surface area contributed by atoms with Gasteiger partial charge in [0, 0.05) is 55.4 Å². The first-order chi connectivity index (χ1) is 13.2. The number of anilines is 1. The van der Waals surface area contributed by atoms with Crippen LogP contribution in [0.3, 0.4) is 0 Å². The summed E-state index contributed by atoms with van der Waals surface area (Å²) in [6, 6.07) is 14.0. The number of hydrogen-bond acceptors (Lipinski definition) is 4. The number of hydrogen-bond donors (Lipinski definition) is 1. The lowest BCUT2D eigenvalue weighted by Crippen LogP contribution is -2.54. The standard InChI is InChI=1S/C23H28N4/c1-17-16-27(18(2)14-26-17)22-9-3-6-19(13-22)12-20-7-5-11-25-23(20)21-8-4-10-24-15-21/h3-4,6,8-10,12-13,15,17-18,26H,5,7,11,14,16H2,1-2H3/t17-,18+/m0/s1. The molecule has 0 radical (unpaired) electrons. The van der Waals surface area contributed by atoms with E-state index in [0.717, 1.165) is 43.8 Å². The molecule has 0 bridgehead atoms. The molecule has 0 aliphatic carbocycles. The number of aliphatic imine (C=N–C) groups is 1. The molecule has 0 spiro atoms. The predicted molar refractivity (Wildman–Crippen MR) is 114 cm³/mol. The molecule has 0 saturated carbocycles. The van der Waals surface area contributed by atoms with Gasteiger partial charge in [0.2, 0.25) is 0 Å². The van der Waals surface area contributed by atoms with Crippen molar-refractivity contribution in [3.05, 3.63) is 65.5 Å². The average molecular weight is 361 g/mol. The van der Waals surface area contributed by atoms with E-state index >= 15 is 0 Å². The molecular formula is C23H28N4. The molecule has 4 heteroatoms. The number of benzene rings is 1. The van der Waals surface area contributed by atoms with Crippen molar-refractivity contribution in [1.29, 1.82) is 0 Å². The topological polar surface area (TPSA) is 40.5 Å². The van der Waals surface area contributed by atoms with Crippen molar-refractivity contribution in [1.82, 2.24) is 10.3 Å². The molecule has 1 aromatic carbocycles. The Morgan fingerprint density at radius 1 is 1.19 bits per heavy atom. The summed E-state index contributed by atoms with van der Waals surface area (Å²) in [7, 11) is 0. The monoisotopic (exact) mass is 360 g/mol. The second-order valence-electron chi connectivity index (χ2n) is 7.65. The molecular weight excluding hydrogens is 332 g/mol. The highest BCUT2D eigenvalue weighted by molar-refractivity contribution is 6.15. The van der Waals surface area contributed by atoms with E-state index in [0.29, 0.717) is 12.1 Å². The smallest absolute Gasteiger partial charge is 0.0694 e. The summed E-state index contributed by atoms with van der Waals surface area (Å²) in [6.45, 7) is 7.52. The molecule has 4 nitrogen and oxygen atoms in total. The van der Waals surface area contributed by atoms with Crippen molar-refractivity contribution in [2.45, 2.75) is 38.8 Å². The molecule has 2 aromatic rings. The molecule has 0 unspecified atom stereocenters. The number of piperazine rings is 1. The first kappa shape index (κ1) is 17.9. The molecule has 3 heterocycles. The molecule has 1 fully saturated rings. The van der Waals surface area contributed by atoms with Crippen LogP contribution >= 0.6 is 0 Å². The molecule has 1 aromatic heterocycles. The number of rotatable bonds is 3. The Hall–Kier alpha value is -2.46. The van der Waals surface area contributed by atoms with E-state index < -0.39 is 0 Å². The third-order valence-electron chi connectivity index (χ3n) is 5.42. The van der Waals surface area contributed by atoms with E-state index in [-0.39, 0.29) is 0 Å². The Bertz CT molecular complexity index is 840. The molecule has 2 aliphatic rings. The van der Waals surface area contributed by atoms with Gasteiger partial charge in [-0.1, -0.05) is 12.1 Å². The number of nitrogens with zero attached hydrogens (tertiary/aromatic N) is 3. The number of pyridine rings is 1. The van der Waals surface area contributed by atoms with Gasteiger partial charge < -0.3 is 10.2 Å². The van der Waals surface area contributed by atoms with Crippen LogP contribution in [0.5, 0.6) is 0 Å². The van der Waals surface area contributed by atoms with Crippen LogP contribution in [-0.4, -0.2) is 42.4 Å². The molecule has 2 aliphatic heterocycles. The predicted octanol–water partition coefficient (Wildman–Crippen LogP) is 3.93. The lowest BCUT2D eigenvalue weighted by Gasteiger charge is -2.39. The van der Waals surface area contributed by atoms with E-state index in [1.54, 1.807) is 0 Å². The van der Waals surface area contributed by atoms with Gasteiger partial charge in [0.1, 0.15) is 0 Å². The Morgan fingerprint density at radius 2 is 2.11 bits per heavy atom. The molecule has 1 N–H and O–H groups in total. The van der Waals surface area contributed by atoms with Crippen LogP contribution in [-0.2, 0) is 0 Å². The van der Waals surface area contributed by atoms with Crippen LogP contribution in [0.4, 0.5) is 5.69 Å². The lowest BCUT2D eigenvalue weighted by atomic mass is 9.94. The fraction of sp³-hybridized carbons (Fsp3) is 0.391. The third kappa shape index (κ3) is 4.11. The highest BCUT2D eigenvalue weighted by Crippen LogP contribution is 2.25. The van der Waals surface area contributed by atoms with Crippen LogP contribution in [0.15, 0.2) is 59.4 Å². The fourth-order valence-electron chi connectivity index (χ4n) is 3.98. The van der Waals surface area contributed by atoms with Crippen molar-refractivity contribution in [2.75, 3.05) is 24.5 Å². The minimum Gasteiger partial charge on any atom is -0.366 e. The van der Waals surface area contributed by atoms with Gasteiger partial charge in [-0.3, -0.25) is 9.98 Å². The number of nitrogens with one attached hydrogen (secondary N) is 1. The van der Waals surface area contributed by atoms with E-state index in [1.807, 2.05) is 18.5 Å². The van der Waals surface area contributed by atoms with Crippen LogP contribution in [0.2, 0.25) is 0 Å². The van der Waals surface area contributed by atoms with Crippen molar-refractivity contribution >= 4 is 17.5 Å².